The second-order valence-electron chi connectivity index (χ2n) is 5.48. The van der Waals surface area contributed by atoms with Crippen LogP contribution in [0, 0.1) is 6.92 Å². The molecule has 3 aromatic rings. The van der Waals surface area contributed by atoms with Crippen molar-refractivity contribution in [3.05, 3.63) is 69.4 Å². The average molecular weight is 328 g/mol. The molecule has 2 aromatic carbocycles. The summed E-state index contributed by atoms with van der Waals surface area (Å²) in [6.07, 6.45) is 0.573. The zero-order chi connectivity index (χ0) is 16.0. The molecule has 0 saturated carbocycles. The molecular weight excluding hydrogens is 314 g/mol. The Morgan fingerprint density at radius 3 is 2.70 bits per heavy atom. The van der Waals surface area contributed by atoms with Crippen molar-refractivity contribution in [3.8, 4) is 17.1 Å². The summed E-state index contributed by atoms with van der Waals surface area (Å²) in [6, 6.07) is 13.0. The number of aryl methyl sites for hydroxylation is 1. The quantitative estimate of drug-likeness (QED) is 0.690. The van der Waals surface area contributed by atoms with Crippen molar-refractivity contribution in [3.63, 3.8) is 0 Å². The van der Waals surface area contributed by atoms with Gasteiger partial charge in [-0.05, 0) is 48.9 Å². The summed E-state index contributed by atoms with van der Waals surface area (Å²) in [7, 11) is 0. The van der Waals surface area contributed by atoms with E-state index in [0.29, 0.717) is 29.6 Å². The van der Waals surface area contributed by atoms with Crippen LogP contribution in [0.2, 0.25) is 5.02 Å². The minimum atomic E-state index is -0.309. The summed E-state index contributed by atoms with van der Waals surface area (Å²) in [6.45, 7) is 2.50. The number of hydrogen-bond acceptors (Lipinski definition) is 3. The third kappa shape index (κ3) is 2.33. The zero-order valence-corrected chi connectivity index (χ0v) is 13.2. The summed E-state index contributed by atoms with van der Waals surface area (Å²) in [5.41, 5.74) is 2.32. The van der Waals surface area contributed by atoms with Crippen LogP contribution in [-0.2, 0) is 6.42 Å². The van der Waals surface area contributed by atoms with Gasteiger partial charge in [0.1, 0.15) is 17.3 Å². The number of halogens is 1. The Morgan fingerprint density at radius 1 is 1.13 bits per heavy atom. The minimum absolute atomic E-state index is 0.309. The number of hydrogen-bond donors (Lipinski definition) is 0. The van der Waals surface area contributed by atoms with E-state index >= 15 is 0 Å². The summed E-state index contributed by atoms with van der Waals surface area (Å²) in [4.78, 5) is 16.7. The lowest BCUT2D eigenvalue weighted by atomic mass is 10.2. The molecule has 4 rings (SSSR count). The number of rotatable bonds is 1. The third-order valence-corrected chi connectivity index (χ3v) is 4.10. The van der Waals surface area contributed by atoms with E-state index in [9.17, 15) is 4.79 Å². The van der Waals surface area contributed by atoms with Gasteiger partial charge in [0.25, 0.3) is 0 Å². The molecule has 0 unspecified atom stereocenters. The Morgan fingerprint density at radius 2 is 1.91 bits per heavy atom. The van der Waals surface area contributed by atoms with Crippen LogP contribution in [0.3, 0.4) is 0 Å². The fourth-order valence-corrected chi connectivity index (χ4v) is 2.92. The number of fused-ring (bicyclic) bond motifs is 3. The van der Waals surface area contributed by atoms with Gasteiger partial charge in [-0.1, -0.05) is 17.7 Å². The van der Waals surface area contributed by atoms with E-state index < -0.39 is 0 Å². The molecule has 0 fully saturated rings. The molecule has 0 amide bonds. The topological polar surface area (TPSA) is 49.0 Å². The molecule has 0 atom stereocenters. The summed E-state index contributed by atoms with van der Waals surface area (Å²) < 4.78 is 9.19. The Bertz CT molecular complexity index is 941. The van der Waals surface area contributed by atoms with Crippen LogP contribution in [-0.4, -0.2) is 21.0 Å². The molecule has 5 nitrogen and oxygen atoms in total. The van der Waals surface area contributed by atoms with Crippen LogP contribution in [0.5, 0.6) is 5.75 Å². The first kappa shape index (κ1) is 14.1. The van der Waals surface area contributed by atoms with Gasteiger partial charge in [0.2, 0.25) is 0 Å². The van der Waals surface area contributed by atoms with E-state index in [1.807, 2.05) is 29.8 Å². The van der Waals surface area contributed by atoms with Crippen molar-refractivity contribution < 1.29 is 4.74 Å². The molecule has 0 radical (unpaired) electrons. The monoisotopic (exact) mass is 327 g/mol. The van der Waals surface area contributed by atoms with Crippen LogP contribution < -0.4 is 10.4 Å². The number of nitrogens with zero attached hydrogens (tertiary/aromatic N) is 3. The molecule has 1 aliphatic heterocycles. The van der Waals surface area contributed by atoms with E-state index in [-0.39, 0.29) is 5.69 Å². The number of benzene rings is 2. The highest BCUT2D eigenvalue weighted by Crippen LogP contribution is 2.28. The van der Waals surface area contributed by atoms with Crippen LogP contribution in [0.4, 0.5) is 0 Å². The zero-order valence-electron chi connectivity index (χ0n) is 12.5. The molecule has 1 aromatic heterocycles. The molecule has 0 spiro atoms. The van der Waals surface area contributed by atoms with Crippen molar-refractivity contribution in [1.29, 1.82) is 0 Å². The van der Waals surface area contributed by atoms with Gasteiger partial charge in [-0.25, -0.2) is 9.48 Å². The summed E-state index contributed by atoms with van der Waals surface area (Å²) in [5, 5.41) is 0.622. The molecule has 6 heteroatoms. The van der Waals surface area contributed by atoms with E-state index in [0.717, 1.165) is 17.0 Å². The van der Waals surface area contributed by atoms with Gasteiger partial charge >= 0.3 is 5.69 Å². The van der Waals surface area contributed by atoms with Crippen molar-refractivity contribution in [2.24, 2.45) is 0 Å². The average Bonchev–Trinajstić information content (AvgIpc) is 2.76. The standard InChI is InChI=1S/C17H14ClN3O2/c1-11-2-7-15-14(10-11)21-16(8-9-23-15)19-17(22)20(21)13-5-3-12(18)4-6-13/h2-7,10H,8-9H2,1H3. The lowest BCUT2D eigenvalue weighted by Gasteiger charge is -2.14. The molecule has 0 aliphatic carbocycles. The van der Waals surface area contributed by atoms with Crippen molar-refractivity contribution in [2.75, 3.05) is 6.61 Å². The van der Waals surface area contributed by atoms with Crippen LogP contribution in [0.25, 0.3) is 11.4 Å². The Balaban J connectivity index is 2.03. The third-order valence-electron chi connectivity index (χ3n) is 3.85. The molecular formula is C17H14ClN3O2. The lowest BCUT2D eigenvalue weighted by Crippen LogP contribution is -2.21. The maximum atomic E-state index is 12.5. The first-order valence-electron chi connectivity index (χ1n) is 7.34. The second kappa shape index (κ2) is 5.28. The highest BCUT2D eigenvalue weighted by molar-refractivity contribution is 6.30. The fraction of sp³-hybridized carbons (Fsp3) is 0.176. The van der Waals surface area contributed by atoms with Crippen molar-refractivity contribution >= 4 is 11.6 Å². The molecule has 2 heterocycles. The molecule has 0 saturated heterocycles. The van der Waals surface area contributed by atoms with Gasteiger partial charge < -0.3 is 4.74 Å². The highest BCUT2D eigenvalue weighted by Gasteiger charge is 2.22. The maximum absolute atomic E-state index is 12.5. The van der Waals surface area contributed by atoms with E-state index in [1.54, 1.807) is 28.9 Å². The lowest BCUT2D eigenvalue weighted by molar-refractivity contribution is 0.325. The van der Waals surface area contributed by atoms with E-state index in [1.165, 1.54) is 0 Å². The number of ether oxygens (including phenoxy) is 1. The predicted octanol–water partition coefficient (Wildman–Crippen LogP) is 2.92. The van der Waals surface area contributed by atoms with Crippen LogP contribution >= 0.6 is 11.6 Å². The second-order valence-corrected chi connectivity index (χ2v) is 5.92. The smallest absolute Gasteiger partial charge is 0.369 e. The predicted molar refractivity (Wildman–Crippen MR) is 88.1 cm³/mol. The van der Waals surface area contributed by atoms with Gasteiger partial charge in [0.05, 0.1) is 12.3 Å². The summed E-state index contributed by atoms with van der Waals surface area (Å²) >= 11 is 5.95. The fourth-order valence-electron chi connectivity index (χ4n) is 2.79. The molecule has 0 bridgehead atoms. The maximum Gasteiger partial charge on any atom is 0.369 e. The van der Waals surface area contributed by atoms with Gasteiger partial charge in [0.15, 0.2) is 0 Å². The SMILES string of the molecule is Cc1ccc2c(c1)-n1c(nc(=O)n1-c1ccc(Cl)cc1)CCO2. The van der Waals surface area contributed by atoms with E-state index in [2.05, 4.69) is 4.98 Å². The molecule has 23 heavy (non-hydrogen) atoms. The highest BCUT2D eigenvalue weighted by atomic mass is 35.5. The van der Waals surface area contributed by atoms with Gasteiger partial charge in [-0.2, -0.15) is 9.67 Å². The van der Waals surface area contributed by atoms with E-state index in [4.69, 9.17) is 16.3 Å². The minimum Gasteiger partial charge on any atom is -0.491 e. The Kier molecular flexibility index (Phi) is 3.23. The first-order chi connectivity index (χ1) is 11.1. The normalized spacial score (nSPS) is 13.0. The van der Waals surface area contributed by atoms with Crippen LogP contribution in [0.1, 0.15) is 11.4 Å². The first-order valence-corrected chi connectivity index (χ1v) is 7.72. The largest absolute Gasteiger partial charge is 0.491 e. The molecule has 0 N–H and O–H groups in total. The van der Waals surface area contributed by atoms with Crippen LogP contribution in [0.15, 0.2) is 47.3 Å². The summed E-state index contributed by atoms with van der Waals surface area (Å²) in [5.74, 6) is 1.43. The molecule has 116 valence electrons. The Labute approximate surface area is 137 Å². The molecule has 1 aliphatic rings. The number of aromatic nitrogens is 3. The van der Waals surface area contributed by atoms with Gasteiger partial charge in [0, 0.05) is 11.4 Å². The van der Waals surface area contributed by atoms with Crippen molar-refractivity contribution in [2.45, 2.75) is 13.3 Å². The van der Waals surface area contributed by atoms with Crippen molar-refractivity contribution in [1.82, 2.24) is 14.3 Å². The van der Waals surface area contributed by atoms with Gasteiger partial charge in [-0.15, -0.1) is 0 Å². The Hall–Kier alpha value is -2.53. The van der Waals surface area contributed by atoms with Gasteiger partial charge in [-0.3, -0.25) is 0 Å².